The van der Waals surface area contributed by atoms with Crippen molar-refractivity contribution in [3.8, 4) is 0 Å². The van der Waals surface area contributed by atoms with Crippen molar-refractivity contribution in [1.82, 2.24) is 4.90 Å². The third kappa shape index (κ3) is 4.81. The second-order valence-electron chi connectivity index (χ2n) is 6.70. The van der Waals surface area contributed by atoms with E-state index >= 15 is 0 Å². The molecule has 0 saturated carbocycles. The highest BCUT2D eigenvalue weighted by Gasteiger charge is 2.31. The molecule has 0 atom stereocenters. The van der Waals surface area contributed by atoms with Crippen LogP contribution in [-0.4, -0.2) is 30.6 Å². The number of carbonyl (C=O) groups is 1. The lowest BCUT2D eigenvalue weighted by molar-refractivity contribution is -0.139. The van der Waals surface area contributed by atoms with Crippen LogP contribution in [0.15, 0.2) is 60.2 Å². The van der Waals surface area contributed by atoms with Crippen LogP contribution >= 0.6 is 0 Å². The summed E-state index contributed by atoms with van der Waals surface area (Å²) in [6.45, 7) is 3.81. The number of carbonyl (C=O) groups excluding carboxylic acids is 1. The Labute approximate surface area is 162 Å². The van der Waals surface area contributed by atoms with Gasteiger partial charge < -0.3 is 4.74 Å². The van der Waals surface area contributed by atoms with Gasteiger partial charge in [0, 0.05) is 19.6 Å². The largest absolute Gasteiger partial charge is 0.463 e. The highest BCUT2D eigenvalue weighted by molar-refractivity contribution is 5.98. The van der Waals surface area contributed by atoms with Crippen LogP contribution in [-0.2, 0) is 22.3 Å². The molecule has 28 heavy (non-hydrogen) atoms. The van der Waals surface area contributed by atoms with Gasteiger partial charge in [0.1, 0.15) is 0 Å². The monoisotopic (exact) mass is 389 g/mol. The lowest BCUT2D eigenvalue weighted by Crippen LogP contribution is -2.34. The predicted octanol–water partition coefficient (Wildman–Crippen LogP) is 4.93. The molecule has 3 nitrogen and oxygen atoms in total. The highest BCUT2D eigenvalue weighted by atomic mass is 19.4. The zero-order chi connectivity index (χ0) is 20.1. The first-order chi connectivity index (χ1) is 13.4. The zero-order valence-corrected chi connectivity index (χ0v) is 15.6. The van der Waals surface area contributed by atoms with E-state index in [1.807, 2.05) is 30.3 Å². The van der Waals surface area contributed by atoms with Crippen molar-refractivity contribution < 1.29 is 22.7 Å². The third-order valence-corrected chi connectivity index (χ3v) is 4.76. The van der Waals surface area contributed by atoms with Gasteiger partial charge in [0.15, 0.2) is 0 Å². The van der Waals surface area contributed by atoms with Crippen LogP contribution in [0.5, 0.6) is 0 Å². The lowest BCUT2D eigenvalue weighted by atomic mass is 9.92. The molecule has 3 rings (SSSR count). The number of benzene rings is 2. The molecular weight excluding hydrogens is 367 g/mol. The molecule has 2 aromatic carbocycles. The van der Waals surface area contributed by atoms with E-state index in [0.717, 1.165) is 23.3 Å². The minimum atomic E-state index is -4.38. The Bertz CT molecular complexity index is 842. The van der Waals surface area contributed by atoms with Gasteiger partial charge in [-0.25, -0.2) is 4.79 Å². The van der Waals surface area contributed by atoms with Crippen molar-refractivity contribution in [3.05, 3.63) is 76.9 Å². The number of hydrogen-bond donors (Lipinski definition) is 0. The summed E-state index contributed by atoms with van der Waals surface area (Å²) in [5.74, 6) is -0.407. The Morgan fingerprint density at radius 3 is 2.36 bits per heavy atom. The van der Waals surface area contributed by atoms with Crippen LogP contribution < -0.4 is 0 Å². The van der Waals surface area contributed by atoms with E-state index in [4.69, 9.17) is 4.74 Å². The van der Waals surface area contributed by atoms with E-state index in [-0.39, 0.29) is 6.61 Å². The first-order valence-corrected chi connectivity index (χ1v) is 9.21. The molecule has 0 aliphatic carbocycles. The number of hydrogen-bond acceptors (Lipinski definition) is 3. The summed E-state index contributed by atoms with van der Waals surface area (Å²) in [4.78, 5) is 14.7. The minimum Gasteiger partial charge on any atom is -0.463 e. The smallest absolute Gasteiger partial charge is 0.416 e. The number of halogens is 3. The van der Waals surface area contributed by atoms with Crippen LogP contribution in [0.2, 0.25) is 0 Å². The van der Waals surface area contributed by atoms with Gasteiger partial charge in [-0.15, -0.1) is 0 Å². The second-order valence-corrected chi connectivity index (χ2v) is 6.70. The Morgan fingerprint density at radius 2 is 1.75 bits per heavy atom. The molecule has 0 spiro atoms. The summed E-state index contributed by atoms with van der Waals surface area (Å²) in [6.07, 6.45) is -3.80. The van der Waals surface area contributed by atoms with E-state index in [0.29, 0.717) is 37.2 Å². The maximum absolute atomic E-state index is 12.8. The van der Waals surface area contributed by atoms with Crippen molar-refractivity contribution in [1.29, 1.82) is 0 Å². The number of alkyl halides is 3. The zero-order valence-electron chi connectivity index (χ0n) is 15.6. The number of rotatable bonds is 5. The van der Waals surface area contributed by atoms with Crippen LogP contribution in [0, 0.1) is 0 Å². The maximum Gasteiger partial charge on any atom is 0.416 e. The predicted molar refractivity (Wildman–Crippen MR) is 101 cm³/mol. The fourth-order valence-corrected chi connectivity index (χ4v) is 3.38. The van der Waals surface area contributed by atoms with E-state index in [9.17, 15) is 18.0 Å². The summed E-state index contributed by atoms with van der Waals surface area (Å²) >= 11 is 0. The number of nitrogens with zero attached hydrogens (tertiary/aromatic N) is 1. The van der Waals surface area contributed by atoms with Crippen LogP contribution in [0.25, 0.3) is 5.57 Å². The first kappa shape index (κ1) is 20.1. The van der Waals surface area contributed by atoms with E-state index < -0.39 is 17.7 Å². The van der Waals surface area contributed by atoms with Gasteiger partial charge in [-0.2, -0.15) is 13.2 Å². The molecule has 0 bridgehead atoms. The average Bonchev–Trinajstić information content (AvgIpc) is 2.68. The van der Waals surface area contributed by atoms with Gasteiger partial charge in [0.2, 0.25) is 0 Å². The number of esters is 1. The van der Waals surface area contributed by atoms with Crippen molar-refractivity contribution in [3.63, 3.8) is 0 Å². The minimum absolute atomic E-state index is 0.251. The van der Waals surface area contributed by atoms with E-state index in [1.165, 1.54) is 12.1 Å². The molecule has 0 saturated heterocycles. The first-order valence-electron chi connectivity index (χ1n) is 9.21. The molecule has 0 radical (unpaired) electrons. The SMILES string of the molecule is CCOC(=O)C1=C(c2ccc(C(F)(F)F)cc2)CCN(Cc2ccccc2)C1. The number of ether oxygens (including phenoxy) is 1. The lowest BCUT2D eigenvalue weighted by Gasteiger charge is -2.30. The molecular formula is C22H22F3NO2. The molecule has 2 aromatic rings. The van der Waals surface area contributed by atoms with Crippen LogP contribution in [0.4, 0.5) is 13.2 Å². The Kier molecular flexibility index (Phi) is 6.19. The molecule has 148 valence electrons. The maximum atomic E-state index is 12.8. The molecule has 0 aromatic heterocycles. The van der Waals surface area contributed by atoms with Crippen LogP contribution in [0.3, 0.4) is 0 Å². The fraction of sp³-hybridized carbons (Fsp3) is 0.318. The fourth-order valence-electron chi connectivity index (χ4n) is 3.38. The van der Waals surface area contributed by atoms with Gasteiger partial charge in [0.25, 0.3) is 0 Å². The molecule has 0 N–H and O–H groups in total. The van der Waals surface area contributed by atoms with Gasteiger partial charge in [-0.05, 0) is 42.2 Å². The molecule has 0 unspecified atom stereocenters. The second kappa shape index (κ2) is 8.61. The Balaban J connectivity index is 1.87. The summed E-state index contributed by atoms with van der Waals surface area (Å²) in [7, 11) is 0. The van der Waals surface area contributed by atoms with Crippen molar-refractivity contribution >= 4 is 11.5 Å². The van der Waals surface area contributed by atoms with Crippen molar-refractivity contribution in [2.24, 2.45) is 0 Å². The van der Waals surface area contributed by atoms with Crippen LogP contribution in [0.1, 0.15) is 30.0 Å². The normalized spacial score (nSPS) is 15.6. The van der Waals surface area contributed by atoms with Gasteiger partial charge >= 0.3 is 12.1 Å². The standard InChI is InChI=1S/C22H22F3NO2/c1-2-28-21(27)20-15-26(14-16-6-4-3-5-7-16)13-12-19(20)17-8-10-18(11-9-17)22(23,24)25/h3-11H,2,12-15H2,1H3. The Hall–Kier alpha value is -2.60. The van der Waals surface area contributed by atoms with E-state index in [2.05, 4.69) is 4.90 Å². The molecule has 6 heteroatoms. The Morgan fingerprint density at radius 1 is 1.07 bits per heavy atom. The summed E-state index contributed by atoms with van der Waals surface area (Å²) in [5, 5.41) is 0. The van der Waals surface area contributed by atoms with Crippen molar-refractivity contribution in [2.75, 3.05) is 19.7 Å². The molecule has 1 heterocycles. The van der Waals surface area contributed by atoms with Gasteiger partial charge in [-0.3, -0.25) is 4.90 Å². The van der Waals surface area contributed by atoms with E-state index in [1.54, 1.807) is 6.92 Å². The third-order valence-electron chi connectivity index (χ3n) is 4.76. The highest BCUT2D eigenvalue weighted by Crippen LogP contribution is 2.33. The summed E-state index contributed by atoms with van der Waals surface area (Å²) < 4.78 is 43.7. The van der Waals surface area contributed by atoms with Gasteiger partial charge in [-0.1, -0.05) is 42.5 Å². The van der Waals surface area contributed by atoms with Gasteiger partial charge in [0.05, 0.1) is 17.7 Å². The molecule has 1 aliphatic rings. The summed E-state index contributed by atoms with van der Waals surface area (Å²) in [6, 6.07) is 14.9. The summed E-state index contributed by atoms with van der Waals surface area (Å²) in [5.41, 5.74) is 2.36. The molecule has 0 amide bonds. The van der Waals surface area contributed by atoms with Crippen molar-refractivity contribution in [2.45, 2.75) is 26.1 Å². The quantitative estimate of drug-likeness (QED) is 0.680. The molecule has 1 aliphatic heterocycles. The average molecular weight is 389 g/mol. The molecule has 0 fully saturated rings. The topological polar surface area (TPSA) is 29.5 Å².